The fraction of sp³-hybridized carbons (Fsp3) is 0.571. The molecule has 2 fully saturated rings. The van der Waals surface area contributed by atoms with Crippen LogP contribution in [0, 0.1) is 17.7 Å². The van der Waals surface area contributed by atoms with Gasteiger partial charge in [-0.3, -0.25) is 14.4 Å². The molecule has 1 aliphatic carbocycles. The maximum Gasteiger partial charge on any atom is 0.308 e. The van der Waals surface area contributed by atoms with E-state index >= 15 is 0 Å². The molecule has 1 saturated heterocycles. The minimum atomic E-state index is -0.876. The van der Waals surface area contributed by atoms with E-state index in [1.165, 1.54) is 24.3 Å². The molecule has 3 rings (SSSR count). The Hall–Kier alpha value is -2.44. The number of carboxylic acid groups (broad SMARTS) is 1. The summed E-state index contributed by atoms with van der Waals surface area (Å²) in [5.74, 6) is -2.64. The van der Waals surface area contributed by atoms with Crippen LogP contribution in [-0.2, 0) is 9.59 Å². The number of carbonyl (C=O) groups excluding carboxylic acids is 2. The maximum absolute atomic E-state index is 13.1. The van der Waals surface area contributed by atoms with Crippen molar-refractivity contribution in [3.05, 3.63) is 35.6 Å². The second-order valence-corrected chi connectivity index (χ2v) is 8.14. The Kier molecular flexibility index (Phi) is 6.01. The predicted molar refractivity (Wildman–Crippen MR) is 101 cm³/mol. The zero-order valence-electron chi connectivity index (χ0n) is 16.1. The highest BCUT2D eigenvalue weighted by atomic mass is 19.1. The van der Waals surface area contributed by atoms with Crippen LogP contribution in [0.15, 0.2) is 24.3 Å². The lowest BCUT2D eigenvalue weighted by molar-refractivity contribution is -0.147. The first-order chi connectivity index (χ1) is 13.3. The molecule has 0 bridgehead atoms. The van der Waals surface area contributed by atoms with Crippen LogP contribution < -0.4 is 5.32 Å². The number of halogens is 1. The summed E-state index contributed by atoms with van der Waals surface area (Å²) >= 11 is 0. The van der Waals surface area contributed by atoms with Crippen molar-refractivity contribution in [2.75, 3.05) is 13.1 Å². The fourth-order valence-electron chi connectivity index (χ4n) is 4.41. The largest absolute Gasteiger partial charge is 0.481 e. The molecule has 6 nitrogen and oxygen atoms in total. The molecule has 2 aliphatic rings. The van der Waals surface area contributed by atoms with Gasteiger partial charge in [-0.2, -0.15) is 0 Å². The van der Waals surface area contributed by atoms with Crippen molar-refractivity contribution >= 4 is 17.8 Å². The Morgan fingerprint density at radius 3 is 2.54 bits per heavy atom. The second-order valence-electron chi connectivity index (χ2n) is 8.14. The number of nitrogens with zero attached hydrogens (tertiary/aromatic N) is 1. The average molecular weight is 390 g/mol. The molecule has 0 radical (unpaired) electrons. The zero-order chi connectivity index (χ0) is 20.3. The van der Waals surface area contributed by atoms with E-state index in [0.717, 1.165) is 12.8 Å². The first-order valence-electron chi connectivity index (χ1n) is 9.90. The number of benzene rings is 1. The quantitative estimate of drug-likeness (QED) is 0.828. The minimum absolute atomic E-state index is 0.188. The lowest BCUT2D eigenvalue weighted by Gasteiger charge is -2.41. The van der Waals surface area contributed by atoms with Crippen LogP contribution in [0.1, 0.15) is 55.8 Å². The lowest BCUT2D eigenvalue weighted by atomic mass is 9.73. The van der Waals surface area contributed by atoms with E-state index in [4.69, 9.17) is 0 Å². The Morgan fingerprint density at radius 1 is 1.14 bits per heavy atom. The number of amides is 2. The van der Waals surface area contributed by atoms with Crippen LogP contribution in [0.2, 0.25) is 0 Å². The Bertz CT molecular complexity index is 751. The van der Waals surface area contributed by atoms with Crippen LogP contribution in [-0.4, -0.2) is 46.4 Å². The monoisotopic (exact) mass is 390 g/mol. The summed E-state index contributed by atoms with van der Waals surface area (Å²) in [6, 6.07) is 5.39. The molecule has 1 heterocycles. The van der Waals surface area contributed by atoms with Crippen LogP contribution >= 0.6 is 0 Å². The molecule has 0 spiro atoms. The third-order valence-electron chi connectivity index (χ3n) is 6.09. The van der Waals surface area contributed by atoms with Crippen molar-refractivity contribution in [1.29, 1.82) is 0 Å². The SMILES string of the molecule is CC1(NC(=O)C2CCCN(C(=O)c3ccc(F)cc3)C2)CCCCC1C(=O)O. The van der Waals surface area contributed by atoms with Gasteiger partial charge >= 0.3 is 5.97 Å². The molecular weight excluding hydrogens is 363 g/mol. The summed E-state index contributed by atoms with van der Waals surface area (Å²) in [5.41, 5.74) is -0.364. The van der Waals surface area contributed by atoms with E-state index in [0.29, 0.717) is 37.8 Å². The van der Waals surface area contributed by atoms with Gasteiger partial charge < -0.3 is 15.3 Å². The van der Waals surface area contributed by atoms with Crippen LogP contribution in [0.25, 0.3) is 0 Å². The average Bonchev–Trinajstić information content (AvgIpc) is 2.68. The van der Waals surface area contributed by atoms with Gasteiger partial charge in [0.2, 0.25) is 5.91 Å². The summed E-state index contributed by atoms with van der Waals surface area (Å²) in [6.45, 7) is 2.65. The molecule has 1 aromatic rings. The fourth-order valence-corrected chi connectivity index (χ4v) is 4.41. The Morgan fingerprint density at radius 2 is 1.86 bits per heavy atom. The number of hydrogen-bond donors (Lipinski definition) is 2. The Balaban J connectivity index is 1.66. The second kappa shape index (κ2) is 8.29. The van der Waals surface area contributed by atoms with E-state index in [-0.39, 0.29) is 24.3 Å². The van der Waals surface area contributed by atoms with Crippen molar-refractivity contribution in [2.24, 2.45) is 11.8 Å². The first kappa shape index (κ1) is 20.3. The summed E-state index contributed by atoms with van der Waals surface area (Å²) in [6.07, 6.45) is 4.30. The van der Waals surface area contributed by atoms with Crippen molar-refractivity contribution in [1.82, 2.24) is 10.2 Å². The van der Waals surface area contributed by atoms with Crippen molar-refractivity contribution in [3.8, 4) is 0 Å². The molecule has 7 heteroatoms. The summed E-state index contributed by atoms with van der Waals surface area (Å²) in [7, 11) is 0. The molecule has 152 valence electrons. The van der Waals surface area contributed by atoms with Gasteiger partial charge in [-0.05, 0) is 56.9 Å². The van der Waals surface area contributed by atoms with E-state index in [1.54, 1.807) is 4.90 Å². The number of carbonyl (C=O) groups is 3. The molecular formula is C21H27FN2O4. The molecule has 2 amide bonds. The van der Waals surface area contributed by atoms with E-state index in [1.807, 2.05) is 6.92 Å². The third kappa shape index (κ3) is 4.34. The van der Waals surface area contributed by atoms with Gasteiger partial charge in [-0.1, -0.05) is 12.8 Å². The third-order valence-corrected chi connectivity index (χ3v) is 6.09. The highest BCUT2D eigenvalue weighted by Crippen LogP contribution is 2.34. The van der Waals surface area contributed by atoms with Crippen molar-refractivity contribution < 1.29 is 23.9 Å². The van der Waals surface area contributed by atoms with Crippen LogP contribution in [0.3, 0.4) is 0 Å². The first-order valence-corrected chi connectivity index (χ1v) is 9.90. The number of aliphatic carboxylic acids is 1. The molecule has 1 aromatic carbocycles. The highest BCUT2D eigenvalue weighted by Gasteiger charge is 2.43. The van der Waals surface area contributed by atoms with Crippen LogP contribution in [0.4, 0.5) is 4.39 Å². The summed E-state index contributed by atoms with van der Waals surface area (Å²) in [4.78, 5) is 38.8. The molecule has 1 aliphatic heterocycles. The van der Waals surface area contributed by atoms with E-state index in [9.17, 15) is 23.9 Å². The van der Waals surface area contributed by atoms with E-state index < -0.39 is 23.2 Å². The van der Waals surface area contributed by atoms with E-state index in [2.05, 4.69) is 5.32 Å². The Labute approximate surface area is 164 Å². The normalized spacial score (nSPS) is 27.9. The van der Waals surface area contributed by atoms with Gasteiger partial charge in [0.1, 0.15) is 5.82 Å². The minimum Gasteiger partial charge on any atom is -0.481 e. The van der Waals surface area contributed by atoms with Crippen LogP contribution in [0.5, 0.6) is 0 Å². The van der Waals surface area contributed by atoms with Crippen molar-refractivity contribution in [2.45, 2.75) is 51.0 Å². The van der Waals surface area contributed by atoms with Gasteiger partial charge in [-0.25, -0.2) is 4.39 Å². The maximum atomic E-state index is 13.1. The smallest absolute Gasteiger partial charge is 0.308 e. The summed E-state index contributed by atoms with van der Waals surface area (Å²) in [5, 5.41) is 12.5. The predicted octanol–water partition coefficient (Wildman–Crippen LogP) is 2.83. The molecule has 0 aromatic heterocycles. The molecule has 28 heavy (non-hydrogen) atoms. The molecule has 3 unspecified atom stereocenters. The zero-order valence-corrected chi connectivity index (χ0v) is 16.1. The number of piperidine rings is 1. The number of rotatable bonds is 4. The van der Waals surface area contributed by atoms with Gasteiger partial charge in [0.05, 0.1) is 17.4 Å². The number of carboxylic acids is 1. The van der Waals surface area contributed by atoms with Gasteiger partial charge in [0, 0.05) is 18.7 Å². The van der Waals surface area contributed by atoms with Crippen molar-refractivity contribution in [3.63, 3.8) is 0 Å². The van der Waals surface area contributed by atoms with Gasteiger partial charge in [0.25, 0.3) is 5.91 Å². The number of likely N-dealkylation sites (tertiary alicyclic amines) is 1. The molecule has 2 N–H and O–H groups in total. The van der Waals surface area contributed by atoms with Gasteiger partial charge in [0.15, 0.2) is 0 Å². The number of nitrogens with one attached hydrogen (secondary N) is 1. The molecule has 3 atom stereocenters. The lowest BCUT2D eigenvalue weighted by Crippen LogP contribution is -2.58. The molecule has 1 saturated carbocycles. The highest BCUT2D eigenvalue weighted by molar-refractivity contribution is 5.94. The van der Waals surface area contributed by atoms with Gasteiger partial charge in [-0.15, -0.1) is 0 Å². The summed E-state index contributed by atoms with van der Waals surface area (Å²) < 4.78 is 13.1. The number of hydrogen-bond acceptors (Lipinski definition) is 3. The topological polar surface area (TPSA) is 86.7 Å². The standard InChI is InChI=1S/C21H27FN2O4/c1-21(11-3-2-6-17(21)20(27)28)23-18(25)15-5-4-12-24(13-15)19(26)14-7-9-16(22)10-8-14/h7-10,15,17H,2-6,11-13H2,1H3,(H,23,25)(H,27,28).